The number of hydrogen-bond donors (Lipinski definition) is 1. The lowest BCUT2D eigenvalue weighted by atomic mass is 10.2. The summed E-state index contributed by atoms with van der Waals surface area (Å²) in [6.45, 7) is 7.68. The highest BCUT2D eigenvalue weighted by atomic mass is 19.1. The van der Waals surface area contributed by atoms with E-state index in [0.29, 0.717) is 6.54 Å². The van der Waals surface area contributed by atoms with Gasteiger partial charge in [0.1, 0.15) is 5.82 Å². The third-order valence-corrected chi connectivity index (χ3v) is 3.23. The monoisotopic (exact) mass is 261 g/mol. The van der Waals surface area contributed by atoms with Crippen LogP contribution in [0.2, 0.25) is 0 Å². The molecule has 1 N–H and O–H groups in total. The Labute approximate surface area is 113 Å². The molecule has 0 spiro atoms. The van der Waals surface area contributed by atoms with E-state index in [0.717, 1.165) is 35.6 Å². The molecule has 0 amide bonds. The van der Waals surface area contributed by atoms with Crippen molar-refractivity contribution in [2.24, 2.45) is 0 Å². The Morgan fingerprint density at radius 3 is 2.68 bits per heavy atom. The molecular formula is C15H20FN3. The minimum atomic E-state index is -0.212. The quantitative estimate of drug-likeness (QED) is 0.838. The van der Waals surface area contributed by atoms with Gasteiger partial charge in [0.05, 0.1) is 12.0 Å². The zero-order valence-electron chi connectivity index (χ0n) is 11.7. The molecule has 3 nitrogen and oxygen atoms in total. The predicted octanol–water partition coefficient (Wildman–Crippen LogP) is 3.13. The van der Waals surface area contributed by atoms with Crippen LogP contribution in [0, 0.1) is 19.7 Å². The first-order chi connectivity index (χ1) is 9.11. The van der Waals surface area contributed by atoms with Crippen LogP contribution in [0.15, 0.2) is 24.5 Å². The Morgan fingerprint density at radius 1 is 1.26 bits per heavy atom. The Hall–Kier alpha value is -1.68. The molecule has 2 aromatic rings. The molecule has 102 valence electrons. The van der Waals surface area contributed by atoms with Crippen molar-refractivity contribution < 1.29 is 4.39 Å². The zero-order chi connectivity index (χ0) is 13.8. The van der Waals surface area contributed by atoms with Crippen LogP contribution >= 0.6 is 0 Å². The molecule has 1 heterocycles. The van der Waals surface area contributed by atoms with Crippen LogP contribution in [0.25, 0.3) is 5.69 Å². The standard InChI is InChI=1S/C15H20FN3/c1-4-5-17-9-13-6-14(16)8-15(7-13)19-10-18-11(2)12(19)3/h6-8,10,17H,4-5,9H2,1-3H3. The predicted molar refractivity (Wildman–Crippen MR) is 75.0 cm³/mol. The summed E-state index contributed by atoms with van der Waals surface area (Å²) in [5.74, 6) is -0.212. The van der Waals surface area contributed by atoms with Gasteiger partial charge in [-0.25, -0.2) is 9.37 Å². The summed E-state index contributed by atoms with van der Waals surface area (Å²) in [4.78, 5) is 4.25. The highest BCUT2D eigenvalue weighted by Gasteiger charge is 2.07. The summed E-state index contributed by atoms with van der Waals surface area (Å²) in [5, 5.41) is 3.29. The number of rotatable bonds is 5. The van der Waals surface area contributed by atoms with Gasteiger partial charge in [-0.2, -0.15) is 0 Å². The number of aryl methyl sites for hydroxylation is 1. The first-order valence-electron chi connectivity index (χ1n) is 6.63. The van der Waals surface area contributed by atoms with E-state index in [-0.39, 0.29) is 5.82 Å². The van der Waals surface area contributed by atoms with Crippen LogP contribution in [-0.4, -0.2) is 16.1 Å². The topological polar surface area (TPSA) is 29.9 Å². The van der Waals surface area contributed by atoms with Crippen LogP contribution in [0.1, 0.15) is 30.3 Å². The third-order valence-electron chi connectivity index (χ3n) is 3.23. The second kappa shape index (κ2) is 5.97. The number of hydrogen-bond acceptors (Lipinski definition) is 2. The van der Waals surface area contributed by atoms with Gasteiger partial charge in [-0.1, -0.05) is 6.92 Å². The van der Waals surface area contributed by atoms with Gasteiger partial charge in [0, 0.05) is 17.9 Å². The van der Waals surface area contributed by atoms with E-state index in [9.17, 15) is 4.39 Å². The number of halogens is 1. The molecule has 1 aromatic carbocycles. The summed E-state index contributed by atoms with van der Waals surface area (Å²) in [5.41, 5.74) is 3.79. The summed E-state index contributed by atoms with van der Waals surface area (Å²) in [7, 11) is 0. The van der Waals surface area contributed by atoms with E-state index >= 15 is 0 Å². The van der Waals surface area contributed by atoms with Crippen molar-refractivity contribution in [2.75, 3.05) is 6.54 Å². The van der Waals surface area contributed by atoms with Crippen molar-refractivity contribution in [1.29, 1.82) is 0 Å². The molecule has 0 aliphatic rings. The zero-order valence-corrected chi connectivity index (χ0v) is 11.7. The molecule has 0 saturated heterocycles. The van der Waals surface area contributed by atoms with Crippen LogP contribution in [0.5, 0.6) is 0 Å². The van der Waals surface area contributed by atoms with Crippen molar-refractivity contribution >= 4 is 0 Å². The molecule has 2 rings (SSSR count). The molecule has 1 aromatic heterocycles. The van der Waals surface area contributed by atoms with Gasteiger partial charge in [-0.15, -0.1) is 0 Å². The van der Waals surface area contributed by atoms with Gasteiger partial charge < -0.3 is 9.88 Å². The molecule has 4 heteroatoms. The number of nitrogens with one attached hydrogen (secondary N) is 1. The highest BCUT2D eigenvalue weighted by molar-refractivity contribution is 5.39. The van der Waals surface area contributed by atoms with Gasteiger partial charge in [0.15, 0.2) is 0 Å². The lowest BCUT2D eigenvalue weighted by Gasteiger charge is -2.09. The van der Waals surface area contributed by atoms with E-state index in [4.69, 9.17) is 0 Å². The maximum atomic E-state index is 13.7. The SMILES string of the molecule is CCCNCc1cc(F)cc(-n2cnc(C)c2C)c1. The third kappa shape index (κ3) is 3.20. The largest absolute Gasteiger partial charge is 0.313 e. The van der Waals surface area contributed by atoms with Crippen LogP contribution in [0.3, 0.4) is 0 Å². The molecule has 0 radical (unpaired) electrons. The smallest absolute Gasteiger partial charge is 0.125 e. The average molecular weight is 261 g/mol. The van der Waals surface area contributed by atoms with Gasteiger partial charge >= 0.3 is 0 Å². The van der Waals surface area contributed by atoms with Crippen LogP contribution in [-0.2, 0) is 6.54 Å². The normalized spacial score (nSPS) is 10.9. The number of imidazole rings is 1. The first-order valence-corrected chi connectivity index (χ1v) is 6.63. The fourth-order valence-electron chi connectivity index (χ4n) is 2.04. The molecule has 0 bridgehead atoms. The molecule has 0 fully saturated rings. The molecule has 0 aliphatic heterocycles. The van der Waals surface area contributed by atoms with Crippen molar-refractivity contribution in [2.45, 2.75) is 33.7 Å². The molecule has 0 atom stereocenters. The lowest BCUT2D eigenvalue weighted by molar-refractivity contribution is 0.617. The van der Waals surface area contributed by atoms with Crippen molar-refractivity contribution in [1.82, 2.24) is 14.9 Å². The molecule has 0 aliphatic carbocycles. The average Bonchev–Trinajstić information content (AvgIpc) is 2.70. The summed E-state index contributed by atoms with van der Waals surface area (Å²) in [6.07, 6.45) is 2.81. The summed E-state index contributed by atoms with van der Waals surface area (Å²) < 4.78 is 15.6. The second-order valence-corrected chi connectivity index (χ2v) is 4.78. The van der Waals surface area contributed by atoms with E-state index < -0.39 is 0 Å². The fraction of sp³-hybridized carbons (Fsp3) is 0.400. The van der Waals surface area contributed by atoms with Gasteiger partial charge in [0.25, 0.3) is 0 Å². The van der Waals surface area contributed by atoms with E-state index in [1.807, 2.05) is 24.5 Å². The van der Waals surface area contributed by atoms with E-state index in [2.05, 4.69) is 17.2 Å². The second-order valence-electron chi connectivity index (χ2n) is 4.78. The fourth-order valence-corrected chi connectivity index (χ4v) is 2.04. The maximum absolute atomic E-state index is 13.7. The van der Waals surface area contributed by atoms with Crippen molar-refractivity contribution in [3.63, 3.8) is 0 Å². The van der Waals surface area contributed by atoms with Gasteiger partial charge in [-0.3, -0.25) is 0 Å². The Balaban J connectivity index is 2.28. The van der Waals surface area contributed by atoms with Gasteiger partial charge in [-0.05, 0) is 50.6 Å². The molecular weight excluding hydrogens is 241 g/mol. The maximum Gasteiger partial charge on any atom is 0.125 e. The van der Waals surface area contributed by atoms with Crippen LogP contribution in [0.4, 0.5) is 4.39 Å². The van der Waals surface area contributed by atoms with E-state index in [1.165, 1.54) is 6.07 Å². The Kier molecular flexibility index (Phi) is 4.32. The van der Waals surface area contributed by atoms with Crippen molar-refractivity contribution in [3.8, 4) is 5.69 Å². The number of aromatic nitrogens is 2. The van der Waals surface area contributed by atoms with Crippen molar-refractivity contribution in [3.05, 3.63) is 47.3 Å². The Bertz CT molecular complexity index is 561. The Morgan fingerprint density at radius 2 is 2.05 bits per heavy atom. The molecule has 19 heavy (non-hydrogen) atoms. The van der Waals surface area contributed by atoms with Gasteiger partial charge in [0.2, 0.25) is 0 Å². The van der Waals surface area contributed by atoms with Crippen LogP contribution < -0.4 is 5.32 Å². The summed E-state index contributed by atoms with van der Waals surface area (Å²) >= 11 is 0. The molecule has 0 saturated carbocycles. The minimum absolute atomic E-state index is 0.212. The van der Waals surface area contributed by atoms with E-state index in [1.54, 1.807) is 12.4 Å². The lowest BCUT2D eigenvalue weighted by Crippen LogP contribution is -2.14. The summed E-state index contributed by atoms with van der Waals surface area (Å²) in [6, 6.07) is 5.11. The highest BCUT2D eigenvalue weighted by Crippen LogP contribution is 2.17. The first kappa shape index (κ1) is 13.7. The number of benzene rings is 1. The molecule has 0 unspecified atom stereocenters. The number of nitrogens with zero attached hydrogens (tertiary/aromatic N) is 2. The minimum Gasteiger partial charge on any atom is -0.313 e.